The number of aromatic nitrogens is 1. The topological polar surface area (TPSA) is 38.9 Å². The zero-order valence-electron chi connectivity index (χ0n) is 8.90. The number of fused-ring (bicyclic) bond motifs is 1. The standard InChI is InChI=1S/C12H14N2S/c1-8(2)15-12-4-3-11(13)10-7-14-6-5-9(10)12/h3-8H,13H2,1-2H3. The fraction of sp³-hybridized carbons (Fsp3) is 0.250. The Morgan fingerprint density at radius 2 is 2.00 bits per heavy atom. The molecular weight excluding hydrogens is 204 g/mol. The summed E-state index contributed by atoms with van der Waals surface area (Å²) in [4.78, 5) is 5.38. The molecule has 1 aromatic heterocycles. The Morgan fingerprint density at radius 1 is 1.20 bits per heavy atom. The van der Waals surface area contributed by atoms with Gasteiger partial charge in [-0.05, 0) is 18.2 Å². The summed E-state index contributed by atoms with van der Waals surface area (Å²) in [7, 11) is 0. The summed E-state index contributed by atoms with van der Waals surface area (Å²) in [6.07, 6.45) is 3.64. The van der Waals surface area contributed by atoms with Gasteiger partial charge in [0.05, 0.1) is 0 Å². The van der Waals surface area contributed by atoms with E-state index in [0.717, 1.165) is 11.1 Å². The number of thioether (sulfide) groups is 1. The second kappa shape index (κ2) is 4.11. The van der Waals surface area contributed by atoms with Gasteiger partial charge in [0.1, 0.15) is 0 Å². The lowest BCUT2D eigenvalue weighted by Gasteiger charge is -2.09. The zero-order chi connectivity index (χ0) is 10.8. The van der Waals surface area contributed by atoms with Crippen molar-refractivity contribution in [2.75, 3.05) is 5.73 Å². The number of hydrogen-bond acceptors (Lipinski definition) is 3. The molecule has 0 aliphatic rings. The zero-order valence-corrected chi connectivity index (χ0v) is 9.71. The van der Waals surface area contributed by atoms with Gasteiger partial charge in [0.15, 0.2) is 0 Å². The Kier molecular flexibility index (Phi) is 2.82. The number of hydrogen-bond donors (Lipinski definition) is 1. The summed E-state index contributed by atoms with van der Waals surface area (Å²) >= 11 is 1.85. The van der Waals surface area contributed by atoms with Gasteiger partial charge in [0, 0.05) is 39.0 Å². The maximum Gasteiger partial charge on any atom is 0.0410 e. The lowest BCUT2D eigenvalue weighted by atomic mass is 10.1. The first kappa shape index (κ1) is 10.3. The maximum atomic E-state index is 5.91. The number of benzene rings is 1. The Balaban J connectivity index is 2.61. The molecule has 2 aromatic rings. The Labute approximate surface area is 93.9 Å². The minimum absolute atomic E-state index is 0.574. The van der Waals surface area contributed by atoms with Crippen molar-refractivity contribution >= 4 is 28.2 Å². The first-order chi connectivity index (χ1) is 7.18. The van der Waals surface area contributed by atoms with E-state index >= 15 is 0 Å². The smallest absolute Gasteiger partial charge is 0.0410 e. The molecule has 0 spiro atoms. The quantitative estimate of drug-likeness (QED) is 0.621. The second-order valence-corrected chi connectivity index (χ2v) is 5.36. The predicted molar refractivity (Wildman–Crippen MR) is 67.1 cm³/mol. The van der Waals surface area contributed by atoms with Crippen molar-refractivity contribution in [3.05, 3.63) is 30.6 Å². The summed E-state index contributed by atoms with van der Waals surface area (Å²) in [6.45, 7) is 4.38. The Bertz CT molecular complexity index is 480. The van der Waals surface area contributed by atoms with Crippen LogP contribution in [0.3, 0.4) is 0 Å². The van der Waals surface area contributed by atoms with Crippen LogP contribution in [-0.2, 0) is 0 Å². The van der Waals surface area contributed by atoms with E-state index in [2.05, 4.69) is 24.9 Å². The van der Waals surface area contributed by atoms with Gasteiger partial charge in [0.25, 0.3) is 0 Å². The molecule has 1 heterocycles. The molecule has 0 amide bonds. The molecule has 2 rings (SSSR count). The number of nitrogens with zero attached hydrogens (tertiary/aromatic N) is 1. The molecule has 2 nitrogen and oxygen atoms in total. The van der Waals surface area contributed by atoms with Crippen LogP contribution in [0.4, 0.5) is 5.69 Å². The number of pyridine rings is 1. The summed E-state index contributed by atoms with van der Waals surface area (Å²) < 4.78 is 0. The third kappa shape index (κ3) is 2.07. The van der Waals surface area contributed by atoms with Gasteiger partial charge in [-0.1, -0.05) is 13.8 Å². The lowest BCUT2D eigenvalue weighted by molar-refractivity contribution is 1.11. The van der Waals surface area contributed by atoms with Crippen LogP contribution in [0, 0.1) is 0 Å². The predicted octanol–water partition coefficient (Wildman–Crippen LogP) is 3.32. The first-order valence-electron chi connectivity index (χ1n) is 4.97. The molecule has 0 unspecified atom stereocenters. The van der Waals surface area contributed by atoms with Gasteiger partial charge < -0.3 is 5.73 Å². The average Bonchev–Trinajstić information content (AvgIpc) is 2.22. The van der Waals surface area contributed by atoms with Crippen molar-refractivity contribution < 1.29 is 0 Å². The SMILES string of the molecule is CC(C)Sc1ccc(N)c2cnccc12. The molecule has 3 heteroatoms. The molecule has 15 heavy (non-hydrogen) atoms. The van der Waals surface area contributed by atoms with E-state index in [1.165, 1.54) is 10.3 Å². The highest BCUT2D eigenvalue weighted by Gasteiger charge is 2.05. The summed E-state index contributed by atoms with van der Waals surface area (Å²) in [6, 6.07) is 6.06. The number of anilines is 1. The van der Waals surface area contributed by atoms with Crippen LogP contribution in [0.2, 0.25) is 0 Å². The van der Waals surface area contributed by atoms with Gasteiger partial charge in [0.2, 0.25) is 0 Å². The number of nitrogen functional groups attached to an aromatic ring is 1. The molecule has 0 radical (unpaired) electrons. The van der Waals surface area contributed by atoms with Crippen LogP contribution in [0.15, 0.2) is 35.5 Å². The van der Waals surface area contributed by atoms with Gasteiger partial charge in [-0.15, -0.1) is 11.8 Å². The minimum Gasteiger partial charge on any atom is -0.398 e. The molecule has 0 bridgehead atoms. The highest BCUT2D eigenvalue weighted by Crippen LogP contribution is 2.32. The number of nitrogens with two attached hydrogens (primary N) is 1. The highest BCUT2D eigenvalue weighted by molar-refractivity contribution is 8.00. The molecular formula is C12H14N2S. The van der Waals surface area contributed by atoms with Crippen molar-refractivity contribution in [2.45, 2.75) is 24.0 Å². The van der Waals surface area contributed by atoms with E-state index < -0.39 is 0 Å². The van der Waals surface area contributed by atoms with E-state index in [1.54, 1.807) is 0 Å². The van der Waals surface area contributed by atoms with Crippen LogP contribution < -0.4 is 5.73 Å². The summed E-state index contributed by atoms with van der Waals surface area (Å²) in [5, 5.41) is 2.82. The largest absolute Gasteiger partial charge is 0.398 e. The molecule has 0 aliphatic heterocycles. The van der Waals surface area contributed by atoms with Gasteiger partial charge >= 0.3 is 0 Å². The lowest BCUT2D eigenvalue weighted by Crippen LogP contribution is -1.91. The third-order valence-corrected chi connectivity index (χ3v) is 3.26. The van der Waals surface area contributed by atoms with Crippen LogP contribution in [0.25, 0.3) is 10.8 Å². The van der Waals surface area contributed by atoms with Crippen molar-refractivity contribution in [1.29, 1.82) is 0 Å². The first-order valence-corrected chi connectivity index (χ1v) is 5.85. The highest BCUT2D eigenvalue weighted by atomic mass is 32.2. The molecule has 78 valence electrons. The fourth-order valence-corrected chi connectivity index (χ4v) is 2.50. The van der Waals surface area contributed by atoms with Gasteiger partial charge in [-0.2, -0.15) is 0 Å². The van der Waals surface area contributed by atoms with Crippen LogP contribution in [0.1, 0.15) is 13.8 Å². The van der Waals surface area contributed by atoms with E-state index in [1.807, 2.05) is 36.3 Å². The van der Waals surface area contributed by atoms with E-state index in [0.29, 0.717) is 5.25 Å². The van der Waals surface area contributed by atoms with Gasteiger partial charge in [-0.3, -0.25) is 4.98 Å². The average molecular weight is 218 g/mol. The fourth-order valence-electron chi connectivity index (χ4n) is 1.54. The summed E-state index contributed by atoms with van der Waals surface area (Å²) in [5.74, 6) is 0. The number of rotatable bonds is 2. The van der Waals surface area contributed by atoms with Crippen LogP contribution >= 0.6 is 11.8 Å². The molecule has 0 fully saturated rings. The monoisotopic (exact) mass is 218 g/mol. The summed E-state index contributed by atoms with van der Waals surface area (Å²) in [5.41, 5.74) is 6.70. The van der Waals surface area contributed by atoms with Crippen molar-refractivity contribution in [3.63, 3.8) is 0 Å². The van der Waals surface area contributed by atoms with Crippen molar-refractivity contribution in [2.24, 2.45) is 0 Å². The van der Waals surface area contributed by atoms with Crippen molar-refractivity contribution in [1.82, 2.24) is 4.98 Å². The molecule has 2 N–H and O–H groups in total. The molecule has 0 saturated heterocycles. The van der Waals surface area contributed by atoms with Gasteiger partial charge in [-0.25, -0.2) is 0 Å². The second-order valence-electron chi connectivity index (χ2n) is 3.74. The third-order valence-electron chi connectivity index (χ3n) is 2.17. The van der Waals surface area contributed by atoms with E-state index in [9.17, 15) is 0 Å². The molecule has 0 atom stereocenters. The maximum absolute atomic E-state index is 5.91. The minimum atomic E-state index is 0.574. The van der Waals surface area contributed by atoms with Crippen molar-refractivity contribution in [3.8, 4) is 0 Å². The normalized spacial score (nSPS) is 11.1. The molecule has 1 aromatic carbocycles. The van der Waals surface area contributed by atoms with Crippen LogP contribution in [0.5, 0.6) is 0 Å². The van der Waals surface area contributed by atoms with E-state index in [4.69, 9.17) is 5.73 Å². The molecule has 0 aliphatic carbocycles. The van der Waals surface area contributed by atoms with E-state index in [-0.39, 0.29) is 0 Å². The Hall–Kier alpha value is -1.22. The van der Waals surface area contributed by atoms with Crippen LogP contribution in [-0.4, -0.2) is 10.2 Å². The molecule has 0 saturated carbocycles. The Morgan fingerprint density at radius 3 is 2.73 bits per heavy atom.